The Morgan fingerprint density at radius 3 is 2.32 bits per heavy atom. The summed E-state index contributed by atoms with van der Waals surface area (Å²) in [4.78, 5) is 21.3. The molecule has 2 heterocycles. The molecule has 0 aliphatic heterocycles. The second-order valence-corrected chi connectivity index (χ2v) is 20.6. The number of carboxylic acid groups (broad SMARTS) is 1. The third kappa shape index (κ3) is 11.7. The van der Waals surface area contributed by atoms with Crippen LogP contribution in [-0.4, -0.2) is 59.3 Å². The zero-order valence-corrected chi connectivity index (χ0v) is 39.7. The largest absolute Gasteiger partial charge is 0.872 e. The van der Waals surface area contributed by atoms with Crippen molar-refractivity contribution in [1.29, 1.82) is 0 Å². The van der Waals surface area contributed by atoms with Gasteiger partial charge in [-0.1, -0.05) is 112 Å². The number of carboxylic acids is 1. The second kappa shape index (κ2) is 22.3. The van der Waals surface area contributed by atoms with Crippen LogP contribution in [0.3, 0.4) is 0 Å². The number of aliphatic hydroxyl groups excluding tert-OH is 2. The minimum Gasteiger partial charge on any atom is -0.872 e. The standard InChI is InChI=1S/C58H73N3O7/c1-2-3-6-13-38-20-21-42(52(64)31-38)18-11-12-19-43-22-23-45(49-30-40(28-39-25-27-60-54(59)32-39)36-58(49,68)26-24-51(63)55(43)57(66)67)50-35-46(41-16-9-5-10-17-41)56(61-50)48-33-44(62)34-53(65)47(48)29-37-14-7-4-8-15-37/h4-5,7-10,14-17,20-21,25,27,32-35,38,40,42-43,45,49,51-52,55,61-65,68H,2-3,6,11-13,18-19,22-24,26,28-31,36H2,1H3,(H2,59,60)(H,66,67)/p-1. The number of nitrogens with zero attached hydrogens (tertiary/aromatic N) is 1. The molecule has 0 bridgehead atoms. The molecule has 8 rings (SSSR count). The van der Waals surface area contributed by atoms with Crippen LogP contribution in [0.5, 0.6) is 11.5 Å². The van der Waals surface area contributed by atoms with E-state index in [1.807, 2.05) is 72.8 Å². The minimum absolute atomic E-state index is 0.0848. The molecule has 2 aromatic heterocycles. The Kier molecular flexibility index (Phi) is 16.1. The highest BCUT2D eigenvalue weighted by molar-refractivity contribution is 5.85. The molecule has 68 heavy (non-hydrogen) atoms. The molecule has 3 aliphatic rings. The first-order chi connectivity index (χ1) is 32.9. The third-order valence-corrected chi connectivity index (χ3v) is 15.9. The van der Waals surface area contributed by atoms with Gasteiger partial charge in [0.25, 0.3) is 0 Å². The van der Waals surface area contributed by atoms with E-state index in [1.54, 1.807) is 12.3 Å². The van der Waals surface area contributed by atoms with Crippen molar-refractivity contribution in [2.45, 2.75) is 140 Å². The average molecular weight is 923 g/mol. The molecule has 10 unspecified atom stereocenters. The zero-order valence-electron chi connectivity index (χ0n) is 39.7. The van der Waals surface area contributed by atoms with Gasteiger partial charge in [0.1, 0.15) is 11.6 Å². The quantitative estimate of drug-likeness (QED) is 0.0351. The molecule has 3 aromatic carbocycles. The minimum atomic E-state index is -1.21. The number of anilines is 1. The summed E-state index contributed by atoms with van der Waals surface area (Å²) >= 11 is 0. The zero-order chi connectivity index (χ0) is 47.8. The number of nitrogens with two attached hydrogens (primary N) is 1. The predicted octanol–water partition coefficient (Wildman–Crippen LogP) is 10.7. The van der Waals surface area contributed by atoms with Crippen molar-refractivity contribution in [1.82, 2.24) is 9.97 Å². The van der Waals surface area contributed by atoms with Gasteiger partial charge < -0.3 is 41.4 Å². The van der Waals surface area contributed by atoms with Gasteiger partial charge in [-0.05, 0) is 153 Å². The van der Waals surface area contributed by atoms with E-state index >= 15 is 0 Å². The van der Waals surface area contributed by atoms with Crippen LogP contribution >= 0.6 is 0 Å². The number of aliphatic hydroxyl groups is 3. The van der Waals surface area contributed by atoms with Crippen LogP contribution in [0.1, 0.15) is 132 Å². The van der Waals surface area contributed by atoms with Gasteiger partial charge in [-0.15, -0.1) is 5.75 Å². The molecule has 8 N–H and O–H groups in total. The van der Waals surface area contributed by atoms with Crippen molar-refractivity contribution in [3.8, 4) is 33.9 Å². The van der Waals surface area contributed by atoms with Gasteiger partial charge >= 0.3 is 5.97 Å². The maximum absolute atomic E-state index is 13.9. The van der Waals surface area contributed by atoms with Crippen molar-refractivity contribution in [2.24, 2.45) is 35.5 Å². The molecular weight excluding hydrogens is 851 g/mol. The summed E-state index contributed by atoms with van der Waals surface area (Å²) in [6.45, 7) is 2.21. The number of hydrogen-bond donors (Lipinski definition) is 7. The molecule has 0 amide bonds. The molecule has 2 fully saturated rings. The van der Waals surface area contributed by atoms with E-state index in [0.29, 0.717) is 73.5 Å². The number of carbonyl (C=O) groups is 1. The van der Waals surface area contributed by atoms with E-state index in [4.69, 9.17) is 5.73 Å². The molecule has 10 nitrogen and oxygen atoms in total. The van der Waals surface area contributed by atoms with E-state index in [1.165, 1.54) is 25.3 Å². The number of rotatable bonds is 17. The number of nitrogen functional groups attached to an aromatic ring is 1. The van der Waals surface area contributed by atoms with Crippen molar-refractivity contribution >= 4 is 11.8 Å². The van der Waals surface area contributed by atoms with Gasteiger partial charge in [0.2, 0.25) is 0 Å². The van der Waals surface area contributed by atoms with Crippen LogP contribution in [0.15, 0.2) is 109 Å². The van der Waals surface area contributed by atoms with Gasteiger partial charge in [-0.25, -0.2) is 4.98 Å². The van der Waals surface area contributed by atoms with Crippen molar-refractivity contribution in [3.05, 3.63) is 132 Å². The normalized spacial score (nSPS) is 27.4. The van der Waals surface area contributed by atoms with Crippen LogP contribution in [0, 0.1) is 35.5 Å². The first kappa shape index (κ1) is 49.0. The number of aromatic hydroxyl groups is 1. The van der Waals surface area contributed by atoms with Gasteiger partial charge in [-0.3, -0.25) is 4.79 Å². The molecule has 0 saturated heterocycles. The number of pyridine rings is 1. The summed E-state index contributed by atoms with van der Waals surface area (Å²) in [5.74, 6) is -2.18. The lowest BCUT2D eigenvalue weighted by atomic mass is 9.69. The lowest BCUT2D eigenvalue weighted by Crippen LogP contribution is -2.42. The SMILES string of the molecule is CCCCCC1C=CC(CCCCC2CCC(c3cc(-c4ccccc4)c(-c4cc(O)cc([O-])c4Cc4ccccc4)[nH]3)C3CC(Cc4ccnc(N)c4)CC3(O)CCC(O)C2C(=O)O)C(O)C1. The highest BCUT2D eigenvalue weighted by Gasteiger charge is 2.51. The molecule has 0 spiro atoms. The van der Waals surface area contributed by atoms with Crippen molar-refractivity contribution in [3.63, 3.8) is 0 Å². The number of fused-ring (bicyclic) bond motifs is 1. The van der Waals surface area contributed by atoms with Crippen molar-refractivity contribution < 1.29 is 35.4 Å². The number of aromatic amines is 1. The fourth-order valence-electron chi connectivity index (χ4n) is 12.5. The molecular formula is C58H72N3O7-. The maximum atomic E-state index is 13.9. The number of aliphatic carboxylic acids is 1. The summed E-state index contributed by atoms with van der Waals surface area (Å²) in [5.41, 5.74) is 11.5. The molecule has 10 atom stereocenters. The van der Waals surface area contributed by atoms with Crippen LogP contribution in [0.2, 0.25) is 0 Å². The summed E-state index contributed by atoms with van der Waals surface area (Å²) in [6.07, 6.45) is 17.0. The van der Waals surface area contributed by atoms with E-state index in [2.05, 4.69) is 35.1 Å². The fraction of sp³-hybridized carbons (Fsp3) is 0.483. The first-order valence-electron chi connectivity index (χ1n) is 25.4. The smallest absolute Gasteiger partial charge is 0.309 e. The topological polar surface area (TPSA) is 196 Å². The van der Waals surface area contributed by atoms with Gasteiger partial charge in [-0.2, -0.15) is 0 Å². The maximum Gasteiger partial charge on any atom is 0.309 e. The summed E-state index contributed by atoms with van der Waals surface area (Å²) < 4.78 is 0. The number of aromatic nitrogens is 2. The van der Waals surface area contributed by atoms with Crippen LogP contribution in [0.25, 0.3) is 22.4 Å². The summed E-state index contributed by atoms with van der Waals surface area (Å²) in [5, 5.41) is 71.7. The second-order valence-electron chi connectivity index (χ2n) is 20.6. The lowest BCUT2D eigenvalue weighted by Gasteiger charge is -2.40. The van der Waals surface area contributed by atoms with Crippen LogP contribution in [0.4, 0.5) is 5.82 Å². The molecule has 0 radical (unpaired) electrons. The van der Waals surface area contributed by atoms with Gasteiger partial charge in [0, 0.05) is 34.9 Å². The Labute approximate surface area is 402 Å². The number of allylic oxidation sites excluding steroid dienone is 1. The molecule has 3 aliphatic carbocycles. The Hall–Kier alpha value is -5.42. The van der Waals surface area contributed by atoms with E-state index in [9.17, 15) is 35.4 Å². The van der Waals surface area contributed by atoms with Crippen molar-refractivity contribution in [2.75, 3.05) is 5.73 Å². The number of nitrogens with one attached hydrogen (secondary N) is 1. The monoisotopic (exact) mass is 923 g/mol. The fourth-order valence-corrected chi connectivity index (χ4v) is 12.5. The molecule has 10 heteroatoms. The average Bonchev–Trinajstić information content (AvgIpc) is 3.90. The number of phenols is 1. The number of phenolic OH excluding ortho intramolecular Hbond substituents is 1. The lowest BCUT2D eigenvalue weighted by molar-refractivity contribution is -0.269. The third-order valence-electron chi connectivity index (χ3n) is 15.9. The molecule has 362 valence electrons. The van der Waals surface area contributed by atoms with Gasteiger partial charge in [0.15, 0.2) is 0 Å². The predicted molar refractivity (Wildman–Crippen MR) is 267 cm³/mol. The number of benzene rings is 3. The van der Waals surface area contributed by atoms with E-state index in [-0.39, 0.29) is 60.0 Å². The number of H-pyrrole nitrogens is 1. The Morgan fingerprint density at radius 2 is 1.59 bits per heavy atom. The summed E-state index contributed by atoms with van der Waals surface area (Å²) in [6, 6.07) is 28.8. The Morgan fingerprint density at radius 1 is 0.838 bits per heavy atom. The number of unbranched alkanes of at least 4 members (excludes halogenated alkanes) is 3. The highest BCUT2D eigenvalue weighted by Crippen LogP contribution is 2.54. The van der Waals surface area contributed by atoms with E-state index in [0.717, 1.165) is 60.1 Å². The summed E-state index contributed by atoms with van der Waals surface area (Å²) in [7, 11) is 0. The highest BCUT2D eigenvalue weighted by atomic mass is 16.4. The number of hydrogen-bond acceptors (Lipinski definition) is 8. The Bertz CT molecular complexity index is 2450. The van der Waals surface area contributed by atoms with Crippen LogP contribution < -0.4 is 10.8 Å². The first-order valence-corrected chi connectivity index (χ1v) is 25.4. The van der Waals surface area contributed by atoms with Gasteiger partial charge in [0.05, 0.1) is 29.4 Å². The van der Waals surface area contributed by atoms with E-state index < -0.39 is 23.6 Å². The molecule has 5 aromatic rings. The Balaban J connectivity index is 1.15. The molecule has 2 saturated carbocycles. The van der Waals surface area contributed by atoms with Crippen LogP contribution in [-0.2, 0) is 17.6 Å².